The first-order chi connectivity index (χ1) is 12.7. The summed E-state index contributed by atoms with van der Waals surface area (Å²) in [7, 11) is 1.62. The molecule has 1 aliphatic rings. The average Bonchev–Trinajstić information content (AvgIpc) is 3.09. The van der Waals surface area contributed by atoms with Crippen molar-refractivity contribution in [1.82, 2.24) is 20.2 Å². The second-order valence-corrected chi connectivity index (χ2v) is 6.25. The van der Waals surface area contributed by atoms with E-state index in [4.69, 9.17) is 4.74 Å². The van der Waals surface area contributed by atoms with Gasteiger partial charge in [0.1, 0.15) is 5.75 Å². The molecule has 0 saturated carbocycles. The minimum Gasteiger partial charge on any atom is -0.497 e. The summed E-state index contributed by atoms with van der Waals surface area (Å²) in [4.78, 5) is 15.4. The van der Waals surface area contributed by atoms with Gasteiger partial charge in [0.15, 0.2) is 5.82 Å². The van der Waals surface area contributed by atoms with Crippen LogP contribution >= 0.6 is 0 Å². The molecule has 1 aromatic heterocycles. The van der Waals surface area contributed by atoms with Crippen LogP contribution in [0.25, 0.3) is 0 Å². The first-order valence-corrected chi connectivity index (χ1v) is 8.49. The van der Waals surface area contributed by atoms with Gasteiger partial charge < -0.3 is 9.64 Å². The molecule has 1 aliphatic heterocycles. The molecule has 0 bridgehead atoms. The molecule has 26 heavy (non-hydrogen) atoms. The van der Waals surface area contributed by atoms with Crippen LogP contribution < -0.4 is 9.64 Å². The Balaban J connectivity index is 1.43. The third-order valence-electron chi connectivity index (χ3n) is 4.47. The van der Waals surface area contributed by atoms with Crippen molar-refractivity contribution < 1.29 is 9.53 Å². The minimum atomic E-state index is 0.0604. The first-order valence-electron chi connectivity index (χ1n) is 8.49. The summed E-state index contributed by atoms with van der Waals surface area (Å²) in [5.74, 6) is 1.53. The van der Waals surface area contributed by atoms with Crippen molar-refractivity contribution in [3.05, 3.63) is 66.0 Å². The number of benzene rings is 2. The number of methoxy groups -OCH3 is 1. The van der Waals surface area contributed by atoms with Gasteiger partial charge in [0.05, 0.1) is 19.7 Å². The van der Waals surface area contributed by atoms with Crippen molar-refractivity contribution in [3.8, 4) is 5.75 Å². The summed E-state index contributed by atoms with van der Waals surface area (Å²) in [5.41, 5.74) is 1.99. The highest BCUT2D eigenvalue weighted by molar-refractivity contribution is 6.00. The third-order valence-corrected chi connectivity index (χ3v) is 4.47. The molecule has 7 heteroatoms. The molecule has 1 amide bonds. The van der Waals surface area contributed by atoms with Gasteiger partial charge >= 0.3 is 0 Å². The van der Waals surface area contributed by atoms with Crippen LogP contribution in [-0.2, 0) is 17.8 Å². The van der Waals surface area contributed by atoms with Crippen LogP contribution in [0.5, 0.6) is 5.75 Å². The minimum absolute atomic E-state index is 0.0604. The second-order valence-electron chi connectivity index (χ2n) is 6.25. The van der Waals surface area contributed by atoms with E-state index in [0.717, 1.165) is 17.0 Å². The highest BCUT2D eigenvalue weighted by Gasteiger charge is 2.38. The van der Waals surface area contributed by atoms with Gasteiger partial charge in [-0.1, -0.05) is 30.3 Å². The first kappa shape index (κ1) is 16.3. The zero-order valence-electron chi connectivity index (χ0n) is 14.4. The molecule has 3 aromatic rings. The Labute approximate surface area is 151 Å². The van der Waals surface area contributed by atoms with Gasteiger partial charge in [-0.05, 0) is 35.0 Å². The molecule has 1 unspecified atom stereocenters. The lowest BCUT2D eigenvalue weighted by Crippen LogP contribution is -2.54. The molecule has 0 N–H and O–H groups in total. The number of carbonyl (C=O) groups is 1. The molecule has 132 valence electrons. The van der Waals surface area contributed by atoms with Crippen molar-refractivity contribution in [1.29, 1.82) is 0 Å². The van der Waals surface area contributed by atoms with Gasteiger partial charge in [-0.2, -0.15) is 4.80 Å². The highest BCUT2D eigenvalue weighted by atomic mass is 16.5. The SMILES string of the molecule is COc1ccc(N2C(=O)CC2Cc2nnn(Cc3ccccc3)n2)cc1. The van der Waals surface area contributed by atoms with Gasteiger partial charge in [0.2, 0.25) is 5.91 Å². The average molecular weight is 349 g/mol. The van der Waals surface area contributed by atoms with Crippen molar-refractivity contribution in [2.75, 3.05) is 12.0 Å². The molecule has 1 atom stereocenters. The second kappa shape index (κ2) is 6.95. The number of ether oxygens (including phenoxy) is 1. The quantitative estimate of drug-likeness (QED) is 0.637. The summed E-state index contributed by atoms with van der Waals surface area (Å²) >= 11 is 0. The number of hydrogen-bond donors (Lipinski definition) is 0. The van der Waals surface area contributed by atoms with Crippen LogP contribution in [0.3, 0.4) is 0 Å². The number of tetrazole rings is 1. The molecule has 1 saturated heterocycles. The molecule has 0 spiro atoms. The summed E-state index contributed by atoms with van der Waals surface area (Å²) in [6.07, 6.45) is 1.09. The Morgan fingerprint density at radius 2 is 1.88 bits per heavy atom. The van der Waals surface area contributed by atoms with E-state index in [-0.39, 0.29) is 11.9 Å². The van der Waals surface area contributed by atoms with Gasteiger partial charge in [-0.3, -0.25) is 4.79 Å². The fourth-order valence-electron chi connectivity index (χ4n) is 3.13. The van der Waals surface area contributed by atoms with Crippen molar-refractivity contribution in [2.24, 2.45) is 0 Å². The molecule has 2 heterocycles. The van der Waals surface area contributed by atoms with Crippen molar-refractivity contribution >= 4 is 11.6 Å². The molecule has 2 aromatic carbocycles. The number of aromatic nitrogens is 4. The Morgan fingerprint density at radius 3 is 2.58 bits per heavy atom. The van der Waals surface area contributed by atoms with Crippen LogP contribution in [-0.4, -0.2) is 39.3 Å². The van der Waals surface area contributed by atoms with Gasteiger partial charge in [-0.25, -0.2) is 0 Å². The number of β-lactam (4-membered cyclic amide) rings is 1. The molecule has 0 radical (unpaired) electrons. The number of rotatable bonds is 6. The standard InChI is InChI=1S/C19H19N5O2/c1-26-17-9-7-15(8-10-17)24-16(12-19(24)25)11-18-20-22-23(21-18)13-14-5-3-2-4-6-14/h2-10,16H,11-13H2,1H3. The van der Waals surface area contributed by atoms with E-state index >= 15 is 0 Å². The summed E-state index contributed by atoms with van der Waals surface area (Å²) in [6.45, 7) is 0.583. The monoisotopic (exact) mass is 349 g/mol. The Morgan fingerprint density at radius 1 is 1.12 bits per heavy atom. The van der Waals surface area contributed by atoms with Crippen LogP contribution in [0.15, 0.2) is 54.6 Å². The molecule has 4 rings (SSSR count). The van der Waals surface area contributed by atoms with E-state index in [1.807, 2.05) is 54.6 Å². The Kier molecular flexibility index (Phi) is 4.35. The van der Waals surface area contributed by atoms with Gasteiger partial charge in [-0.15, -0.1) is 10.2 Å². The molecular formula is C19H19N5O2. The lowest BCUT2D eigenvalue weighted by molar-refractivity contribution is -0.124. The number of anilines is 1. The topological polar surface area (TPSA) is 73.1 Å². The lowest BCUT2D eigenvalue weighted by atomic mass is 9.97. The number of nitrogens with zero attached hydrogens (tertiary/aromatic N) is 5. The van der Waals surface area contributed by atoms with E-state index in [2.05, 4.69) is 15.4 Å². The van der Waals surface area contributed by atoms with Crippen molar-refractivity contribution in [2.45, 2.75) is 25.4 Å². The largest absolute Gasteiger partial charge is 0.497 e. The maximum atomic E-state index is 12.1. The van der Waals surface area contributed by atoms with E-state index in [0.29, 0.717) is 25.2 Å². The zero-order chi connectivity index (χ0) is 17.9. The third kappa shape index (κ3) is 3.28. The van der Waals surface area contributed by atoms with E-state index in [9.17, 15) is 4.79 Å². The zero-order valence-corrected chi connectivity index (χ0v) is 14.4. The van der Waals surface area contributed by atoms with Crippen LogP contribution in [0.4, 0.5) is 5.69 Å². The fraction of sp³-hybridized carbons (Fsp3) is 0.263. The summed E-state index contributed by atoms with van der Waals surface area (Å²) < 4.78 is 5.17. The van der Waals surface area contributed by atoms with Crippen LogP contribution in [0.2, 0.25) is 0 Å². The van der Waals surface area contributed by atoms with E-state index in [1.54, 1.807) is 16.8 Å². The maximum absolute atomic E-state index is 12.1. The van der Waals surface area contributed by atoms with Crippen LogP contribution in [0, 0.1) is 0 Å². The van der Waals surface area contributed by atoms with Gasteiger partial charge in [0.25, 0.3) is 0 Å². The highest BCUT2D eigenvalue weighted by Crippen LogP contribution is 2.30. The normalized spacial score (nSPS) is 16.4. The summed E-state index contributed by atoms with van der Waals surface area (Å²) in [6, 6.07) is 17.6. The van der Waals surface area contributed by atoms with Crippen molar-refractivity contribution in [3.63, 3.8) is 0 Å². The lowest BCUT2D eigenvalue weighted by Gasteiger charge is -2.40. The molecule has 7 nitrogen and oxygen atoms in total. The number of amides is 1. The van der Waals surface area contributed by atoms with Gasteiger partial charge in [0, 0.05) is 18.5 Å². The van der Waals surface area contributed by atoms with E-state index in [1.165, 1.54) is 0 Å². The molecule has 0 aliphatic carbocycles. The summed E-state index contributed by atoms with van der Waals surface area (Å²) in [5, 5.41) is 12.7. The molecule has 1 fully saturated rings. The van der Waals surface area contributed by atoms with Crippen LogP contribution in [0.1, 0.15) is 17.8 Å². The fourth-order valence-corrected chi connectivity index (χ4v) is 3.13. The number of hydrogen-bond acceptors (Lipinski definition) is 5. The predicted molar refractivity (Wildman–Crippen MR) is 96.0 cm³/mol. The van der Waals surface area contributed by atoms with E-state index < -0.39 is 0 Å². The predicted octanol–water partition coefficient (Wildman–Crippen LogP) is 2.08. The Bertz CT molecular complexity index is 892. The Hall–Kier alpha value is -3.22. The number of carbonyl (C=O) groups excluding carboxylic acids is 1. The maximum Gasteiger partial charge on any atom is 0.229 e. The smallest absolute Gasteiger partial charge is 0.229 e. The molecular weight excluding hydrogens is 330 g/mol.